The first kappa shape index (κ1) is 21.0. The Hall–Kier alpha value is -0.990. The SMILES string of the molecule is C=C(C)CN=C(N)NCC1CCN(C(=O)OC(C)(C)C)C1.I. The largest absolute Gasteiger partial charge is 0.444 e. The Morgan fingerprint density at radius 1 is 1.50 bits per heavy atom. The van der Waals surface area contributed by atoms with Gasteiger partial charge in [-0.1, -0.05) is 12.2 Å². The maximum absolute atomic E-state index is 11.9. The molecule has 1 heterocycles. The zero-order valence-electron chi connectivity index (χ0n) is 14.0. The van der Waals surface area contributed by atoms with E-state index in [0.29, 0.717) is 31.5 Å². The van der Waals surface area contributed by atoms with Gasteiger partial charge in [0.05, 0.1) is 6.54 Å². The molecule has 1 fully saturated rings. The second-order valence-electron chi connectivity index (χ2n) is 6.62. The van der Waals surface area contributed by atoms with Crippen molar-refractivity contribution < 1.29 is 9.53 Å². The molecule has 0 saturated carbocycles. The topological polar surface area (TPSA) is 80.0 Å². The van der Waals surface area contributed by atoms with Crippen LogP contribution >= 0.6 is 24.0 Å². The third-order valence-electron chi connectivity index (χ3n) is 3.03. The van der Waals surface area contributed by atoms with Gasteiger partial charge in [0.2, 0.25) is 0 Å². The summed E-state index contributed by atoms with van der Waals surface area (Å²) in [7, 11) is 0. The summed E-state index contributed by atoms with van der Waals surface area (Å²) in [6, 6.07) is 0. The molecule has 0 aromatic carbocycles. The monoisotopic (exact) mass is 424 g/mol. The Kier molecular flexibility index (Phi) is 8.80. The molecule has 3 N–H and O–H groups in total. The number of amides is 1. The van der Waals surface area contributed by atoms with Gasteiger partial charge in [-0.15, -0.1) is 24.0 Å². The van der Waals surface area contributed by atoms with E-state index in [1.807, 2.05) is 27.7 Å². The van der Waals surface area contributed by atoms with E-state index in [-0.39, 0.29) is 30.1 Å². The molecule has 0 bridgehead atoms. The van der Waals surface area contributed by atoms with E-state index in [1.165, 1.54) is 0 Å². The highest BCUT2D eigenvalue weighted by Crippen LogP contribution is 2.18. The molecule has 0 aliphatic carbocycles. The number of rotatable bonds is 4. The third-order valence-corrected chi connectivity index (χ3v) is 3.03. The van der Waals surface area contributed by atoms with Crippen molar-refractivity contribution in [3.05, 3.63) is 12.2 Å². The predicted octanol–water partition coefficient (Wildman–Crippen LogP) is 2.34. The van der Waals surface area contributed by atoms with E-state index in [2.05, 4.69) is 16.9 Å². The lowest BCUT2D eigenvalue weighted by molar-refractivity contribution is 0.0288. The molecule has 0 aromatic rings. The second-order valence-corrected chi connectivity index (χ2v) is 6.62. The van der Waals surface area contributed by atoms with Crippen LogP contribution in [0.5, 0.6) is 0 Å². The molecule has 0 aromatic heterocycles. The van der Waals surface area contributed by atoms with Crippen LogP contribution < -0.4 is 11.1 Å². The van der Waals surface area contributed by atoms with Gasteiger partial charge in [-0.2, -0.15) is 0 Å². The molecule has 0 spiro atoms. The van der Waals surface area contributed by atoms with Gasteiger partial charge in [0.25, 0.3) is 0 Å². The normalized spacial score (nSPS) is 18.6. The Labute approximate surface area is 150 Å². The molecular formula is C15H29IN4O2. The van der Waals surface area contributed by atoms with Crippen molar-refractivity contribution in [2.45, 2.75) is 39.7 Å². The van der Waals surface area contributed by atoms with E-state index in [9.17, 15) is 4.79 Å². The van der Waals surface area contributed by atoms with Crippen molar-refractivity contribution >= 4 is 36.0 Å². The molecule has 7 heteroatoms. The zero-order valence-corrected chi connectivity index (χ0v) is 16.3. The minimum Gasteiger partial charge on any atom is -0.444 e. The van der Waals surface area contributed by atoms with Crippen molar-refractivity contribution in [2.24, 2.45) is 16.6 Å². The van der Waals surface area contributed by atoms with E-state index >= 15 is 0 Å². The average molecular weight is 424 g/mol. The highest BCUT2D eigenvalue weighted by Gasteiger charge is 2.29. The fourth-order valence-electron chi connectivity index (χ4n) is 2.02. The highest BCUT2D eigenvalue weighted by atomic mass is 127. The summed E-state index contributed by atoms with van der Waals surface area (Å²) in [4.78, 5) is 17.9. The number of likely N-dealkylation sites (tertiary alicyclic amines) is 1. The van der Waals surface area contributed by atoms with Crippen LogP contribution in [0.3, 0.4) is 0 Å². The number of hydrogen-bond acceptors (Lipinski definition) is 3. The maximum atomic E-state index is 11.9. The number of nitrogens with one attached hydrogen (secondary N) is 1. The molecule has 1 amide bonds. The summed E-state index contributed by atoms with van der Waals surface area (Å²) >= 11 is 0. The standard InChI is InChI=1S/C15H28N4O2.HI/c1-11(2)8-17-13(16)18-9-12-6-7-19(10-12)14(20)21-15(3,4)5;/h12H,1,6-10H2,2-5H3,(H3,16,17,18);1H. The smallest absolute Gasteiger partial charge is 0.410 e. The first-order valence-corrected chi connectivity index (χ1v) is 7.33. The average Bonchev–Trinajstić information content (AvgIpc) is 2.80. The molecule has 1 unspecified atom stereocenters. The van der Waals surface area contributed by atoms with Crippen LogP contribution in [-0.2, 0) is 4.74 Å². The number of nitrogens with two attached hydrogens (primary N) is 1. The van der Waals surface area contributed by atoms with Crippen molar-refractivity contribution in [2.75, 3.05) is 26.2 Å². The quantitative estimate of drug-likeness (QED) is 0.314. The summed E-state index contributed by atoms with van der Waals surface area (Å²) in [5.41, 5.74) is 6.29. The van der Waals surface area contributed by atoms with Crippen LogP contribution in [0.15, 0.2) is 17.1 Å². The summed E-state index contributed by atoms with van der Waals surface area (Å²) in [6.45, 7) is 14.0. The van der Waals surface area contributed by atoms with Crippen molar-refractivity contribution in [1.82, 2.24) is 10.2 Å². The van der Waals surface area contributed by atoms with Crippen molar-refractivity contribution in [1.29, 1.82) is 0 Å². The van der Waals surface area contributed by atoms with Gasteiger partial charge in [0, 0.05) is 19.6 Å². The zero-order chi connectivity index (χ0) is 16.0. The minimum absolute atomic E-state index is 0. The first-order valence-electron chi connectivity index (χ1n) is 7.33. The maximum Gasteiger partial charge on any atom is 0.410 e. The van der Waals surface area contributed by atoms with Gasteiger partial charge in [0.1, 0.15) is 5.60 Å². The summed E-state index contributed by atoms with van der Waals surface area (Å²) < 4.78 is 5.37. The van der Waals surface area contributed by atoms with Crippen LogP contribution in [0, 0.1) is 5.92 Å². The third kappa shape index (κ3) is 8.45. The van der Waals surface area contributed by atoms with Gasteiger partial charge in [0.15, 0.2) is 5.96 Å². The predicted molar refractivity (Wildman–Crippen MR) is 101 cm³/mol. The number of ether oxygens (including phenoxy) is 1. The van der Waals surface area contributed by atoms with Crippen LogP contribution in [0.4, 0.5) is 4.79 Å². The minimum atomic E-state index is -0.451. The number of hydrogen-bond donors (Lipinski definition) is 2. The molecule has 1 saturated heterocycles. The van der Waals surface area contributed by atoms with E-state index < -0.39 is 5.60 Å². The van der Waals surface area contributed by atoms with Crippen LogP contribution in [-0.4, -0.2) is 48.7 Å². The van der Waals surface area contributed by atoms with E-state index in [1.54, 1.807) is 4.90 Å². The number of guanidine groups is 1. The lowest BCUT2D eigenvalue weighted by atomic mass is 10.1. The van der Waals surface area contributed by atoms with Crippen molar-refractivity contribution in [3.63, 3.8) is 0 Å². The lowest BCUT2D eigenvalue weighted by Gasteiger charge is -2.24. The molecule has 1 rings (SSSR count). The summed E-state index contributed by atoms with van der Waals surface area (Å²) in [5, 5.41) is 3.10. The summed E-state index contributed by atoms with van der Waals surface area (Å²) in [5.74, 6) is 0.796. The van der Waals surface area contributed by atoms with Gasteiger partial charge >= 0.3 is 6.09 Å². The molecule has 6 nitrogen and oxygen atoms in total. The number of aliphatic imine (C=N–C) groups is 1. The Morgan fingerprint density at radius 3 is 2.68 bits per heavy atom. The van der Waals surface area contributed by atoms with Crippen molar-refractivity contribution in [3.8, 4) is 0 Å². The van der Waals surface area contributed by atoms with Crippen LogP contribution in [0.25, 0.3) is 0 Å². The fraction of sp³-hybridized carbons (Fsp3) is 0.733. The van der Waals surface area contributed by atoms with E-state index in [0.717, 1.165) is 18.5 Å². The second kappa shape index (κ2) is 9.22. The van der Waals surface area contributed by atoms with Crippen LogP contribution in [0.2, 0.25) is 0 Å². The molecule has 1 atom stereocenters. The van der Waals surface area contributed by atoms with Gasteiger partial charge < -0.3 is 20.7 Å². The Balaban J connectivity index is 0.00000441. The molecule has 0 radical (unpaired) electrons. The lowest BCUT2D eigenvalue weighted by Crippen LogP contribution is -2.38. The van der Waals surface area contributed by atoms with Gasteiger partial charge in [-0.3, -0.25) is 0 Å². The number of halogens is 1. The number of carbonyl (C=O) groups excluding carboxylic acids is 1. The molecule has 128 valence electrons. The summed E-state index contributed by atoms with van der Waals surface area (Å²) in [6.07, 6.45) is 0.703. The first-order chi connectivity index (χ1) is 9.67. The Bertz CT molecular complexity index is 418. The number of carbonyl (C=O) groups is 1. The highest BCUT2D eigenvalue weighted by molar-refractivity contribution is 14.0. The van der Waals surface area contributed by atoms with Gasteiger partial charge in [-0.25, -0.2) is 9.79 Å². The molecular weight excluding hydrogens is 395 g/mol. The fourth-order valence-corrected chi connectivity index (χ4v) is 2.02. The molecule has 1 aliphatic heterocycles. The molecule has 1 aliphatic rings. The molecule has 22 heavy (non-hydrogen) atoms. The van der Waals surface area contributed by atoms with Gasteiger partial charge in [-0.05, 0) is 40.0 Å². The van der Waals surface area contributed by atoms with Crippen LogP contribution in [0.1, 0.15) is 34.1 Å². The Morgan fingerprint density at radius 2 is 2.14 bits per heavy atom. The number of nitrogens with zero attached hydrogens (tertiary/aromatic N) is 2. The van der Waals surface area contributed by atoms with E-state index in [4.69, 9.17) is 10.5 Å².